The molecule has 1 saturated heterocycles. The van der Waals surface area contributed by atoms with E-state index in [9.17, 15) is 22.1 Å². The number of nitrogens with one attached hydrogen (secondary N) is 1. The molecule has 3 aromatic rings. The monoisotopic (exact) mass is 560 g/mol. The van der Waals surface area contributed by atoms with Crippen molar-refractivity contribution in [1.82, 2.24) is 20.1 Å². The van der Waals surface area contributed by atoms with Crippen molar-refractivity contribution < 1.29 is 45.9 Å². The van der Waals surface area contributed by atoms with E-state index >= 15 is 0 Å². The second-order valence-electron chi connectivity index (χ2n) is 8.76. The molecular formula is C23H25F4N4O6P. The van der Waals surface area contributed by atoms with Crippen LogP contribution in [0.25, 0.3) is 0 Å². The summed E-state index contributed by atoms with van der Waals surface area (Å²) in [6.07, 6.45) is -6.28. The van der Waals surface area contributed by atoms with Gasteiger partial charge < -0.3 is 14.0 Å². The van der Waals surface area contributed by atoms with Gasteiger partial charge in [0.05, 0.1) is 30.9 Å². The van der Waals surface area contributed by atoms with Crippen LogP contribution in [-0.2, 0) is 26.8 Å². The number of aromatic amines is 1. The highest BCUT2D eigenvalue weighted by molar-refractivity contribution is 7.46. The minimum atomic E-state index is -4.86. The minimum Gasteiger partial charge on any atom is -0.367 e. The van der Waals surface area contributed by atoms with Crippen LogP contribution in [0.3, 0.4) is 0 Å². The van der Waals surface area contributed by atoms with Crippen LogP contribution in [0.15, 0.2) is 42.5 Å². The number of hydrogen-bond acceptors (Lipinski definition) is 7. The van der Waals surface area contributed by atoms with Gasteiger partial charge in [-0.05, 0) is 49.2 Å². The summed E-state index contributed by atoms with van der Waals surface area (Å²) >= 11 is 0. The Hall–Kier alpha value is -2.87. The van der Waals surface area contributed by atoms with E-state index < -0.39 is 49.8 Å². The lowest BCUT2D eigenvalue weighted by molar-refractivity contribution is -0.231. The number of halogens is 4. The number of H-pyrrole nitrogens is 1. The molecule has 3 atom stereocenters. The number of benzene rings is 2. The third-order valence-electron chi connectivity index (χ3n) is 5.82. The smallest absolute Gasteiger partial charge is 0.367 e. The molecule has 10 nitrogen and oxygen atoms in total. The fourth-order valence-corrected chi connectivity index (χ4v) is 4.48. The molecule has 3 N–H and O–H groups in total. The Labute approximate surface area is 214 Å². The van der Waals surface area contributed by atoms with Crippen LogP contribution in [0.1, 0.15) is 47.1 Å². The molecule has 1 aromatic heterocycles. The molecule has 0 spiro atoms. The van der Waals surface area contributed by atoms with Gasteiger partial charge in [0.2, 0.25) is 0 Å². The summed E-state index contributed by atoms with van der Waals surface area (Å²) in [7, 11) is -4.86. The first-order valence-electron chi connectivity index (χ1n) is 11.4. The fraction of sp³-hybridized carbons (Fsp3) is 0.391. The van der Waals surface area contributed by atoms with Crippen LogP contribution in [0, 0.1) is 12.7 Å². The van der Waals surface area contributed by atoms with Gasteiger partial charge in [-0.2, -0.15) is 18.2 Å². The average molecular weight is 560 g/mol. The van der Waals surface area contributed by atoms with Gasteiger partial charge in [0.25, 0.3) is 0 Å². The first-order chi connectivity index (χ1) is 17.8. The number of nitrogens with zero attached hydrogens (tertiary/aromatic N) is 3. The highest BCUT2D eigenvalue weighted by atomic mass is 31.2. The second kappa shape index (κ2) is 11.1. The van der Waals surface area contributed by atoms with E-state index in [2.05, 4.69) is 19.7 Å². The van der Waals surface area contributed by atoms with Crippen molar-refractivity contribution in [3.8, 4) is 6.01 Å². The number of aromatic nitrogens is 3. The lowest BCUT2D eigenvalue weighted by Crippen LogP contribution is -2.46. The molecule has 38 heavy (non-hydrogen) atoms. The molecule has 1 fully saturated rings. The van der Waals surface area contributed by atoms with E-state index in [-0.39, 0.29) is 19.0 Å². The van der Waals surface area contributed by atoms with Crippen LogP contribution in [0.5, 0.6) is 6.01 Å². The highest BCUT2D eigenvalue weighted by Gasteiger charge is 2.37. The summed E-state index contributed by atoms with van der Waals surface area (Å²) in [5, 5.41) is 6.18. The first kappa shape index (κ1) is 28.1. The van der Waals surface area contributed by atoms with Crippen molar-refractivity contribution in [2.45, 2.75) is 45.0 Å². The van der Waals surface area contributed by atoms with E-state index in [0.717, 1.165) is 12.1 Å². The Morgan fingerprint density at radius 3 is 2.61 bits per heavy atom. The van der Waals surface area contributed by atoms with E-state index in [4.69, 9.17) is 19.3 Å². The highest BCUT2D eigenvalue weighted by Crippen LogP contribution is 2.38. The Morgan fingerprint density at radius 2 is 1.95 bits per heavy atom. The third kappa shape index (κ3) is 7.16. The molecule has 1 aliphatic rings. The Morgan fingerprint density at radius 1 is 1.24 bits per heavy atom. The van der Waals surface area contributed by atoms with Gasteiger partial charge in [0.15, 0.2) is 6.29 Å². The summed E-state index contributed by atoms with van der Waals surface area (Å²) < 4.78 is 81.2. The lowest BCUT2D eigenvalue weighted by Gasteiger charge is -2.41. The van der Waals surface area contributed by atoms with E-state index in [1.54, 1.807) is 32.0 Å². The SMILES string of the molecule is Cc1cc([C@@H](C)O[C@H]2OCCN(Cc3nc(OP(=O)(O)O)n[nH]3)[C@H]2c2ccc(F)cc2)cc(C(F)(F)F)c1. The molecule has 15 heteroatoms. The Kier molecular flexibility index (Phi) is 8.21. The van der Waals surface area contributed by atoms with Gasteiger partial charge in [-0.3, -0.25) is 19.8 Å². The maximum absolute atomic E-state index is 13.7. The second-order valence-corrected chi connectivity index (χ2v) is 9.92. The van der Waals surface area contributed by atoms with E-state index in [1.165, 1.54) is 12.1 Å². The van der Waals surface area contributed by atoms with Crippen LogP contribution in [0.4, 0.5) is 17.6 Å². The topological polar surface area (TPSA) is 130 Å². The summed E-state index contributed by atoms with van der Waals surface area (Å²) in [6.45, 7) is 3.80. The van der Waals surface area contributed by atoms with Crippen molar-refractivity contribution in [2.24, 2.45) is 0 Å². The molecule has 2 aromatic carbocycles. The summed E-state index contributed by atoms with van der Waals surface area (Å²) in [4.78, 5) is 23.7. The zero-order chi connectivity index (χ0) is 27.7. The van der Waals surface area contributed by atoms with Gasteiger partial charge in [0.1, 0.15) is 11.6 Å². The molecule has 206 valence electrons. The van der Waals surface area contributed by atoms with Crippen LogP contribution in [-0.4, -0.2) is 49.3 Å². The summed E-state index contributed by atoms with van der Waals surface area (Å²) in [5.74, 6) is -0.250. The van der Waals surface area contributed by atoms with Crippen LogP contribution < -0.4 is 4.52 Å². The summed E-state index contributed by atoms with van der Waals surface area (Å²) in [6, 6.07) is 8.11. The predicted octanol–water partition coefficient (Wildman–Crippen LogP) is 4.42. The fourth-order valence-electron chi connectivity index (χ4n) is 4.19. The molecule has 4 rings (SSSR count). The average Bonchev–Trinajstić information content (AvgIpc) is 3.24. The van der Waals surface area contributed by atoms with Crippen molar-refractivity contribution in [3.05, 3.63) is 76.4 Å². The normalized spacial score (nSPS) is 19.9. The van der Waals surface area contributed by atoms with Gasteiger partial charge >= 0.3 is 20.0 Å². The number of morpholine rings is 1. The molecule has 1 aliphatic heterocycles. The Bertz CT molecular complexity index is 1300. The lowest BCUT2D eigenvalue weighted by atomic mass is 10.0. The van der Waals surface area contributed by atoms with Crippen molar-refractivity contribution in [2.75, 3.05) is 13.2 Å². The quantitative estimate of drug-likeness (QED) is 0.271. The van der Waals surface area contributed by atoms with E-state index in [1.807, 2.05) is 4.90 Å². The largest absolute Gasteiger partial charge is 0.527 e. The molecule has 0 amide bonds. The maximum atomic E-state index is 13.7. The standard InChI is InChI=1S/C23H25F4N4O6P/c1-13-9-16(11-17(10-13)23(25,26)27)14(2)36-21-20(15-3-5-18(24)6-4-15)31(7-8-35-21)12-19-28-22(30-29-19)37-38(32,33)34/h3-6,9-11,14,20-21H,7-8,12H2,1-2H3,(H,28,29,30)(H2,32,33,34)/t14-,20+,21-/m1/s1. The predicted molar refractivity (Wildman–Crippen MR) is 124 cm³/mol. The van der Waals surface area contributed by atoms with Crippen LogP contribution in [0.2, 0.25) is 0 Å². The van der Waals surface area contributed by atoms with Gasteiger partial charge in [-0.1, -0.05) is 23.8 Å². The van der Waals surface area contributed by atoms with Crippen molar-refractivity contribution in [3.63, 3.8) is 0 Å². The molecule has 0 aliphatic carbocycles. The van der Waals surface area contributed by atoms with Crippen molar-refractivity contribution >= 4 is 7.82 Å². The number of hydrogen-bond donors (Lipinski definition) is 3. The first-order valence-corrected chi connectivity index (χ1v) is 12.9. The van der Waals surface area contributed by atoms with Gasteiger partial charge in [0, 0.05) is 6.54 Å². The third-order valence-corrected chi connectivity index (χ3v) is 6.22. The summed E-state index contributed by atoms with van der Waals surface area (Å²) in [5.41, 5.74) is 0.549. The number of aryl methyl sites for hydroxylation is 1. The maximum Gasteiger partial charge on any atom is 0.527 e. The molecule has 0 radical (unpaired) electrons. The number of phosphoric ester groups is 1. The number of rotatable bonds is 8. The minimum absolute atomic E-state index is 0.0832. The number of phosphoric acid groups is 1. The number of ether oxygens (including phenoxy) is 2. The van der Waals surface area contributed by atoms with E-state index in [0.29, 0.717) is 23.2 Å². The van der Waals surface area contributed by atoms with Crippen molar-refractivity contribution in [1.29, 1.82) is 0 Å². The van der Waals surface area contributed by atoms with Gasteiger partial charge in [-0.25, -0.2) is 8.96 Å². The molecule has 0 saturated carbocycles. The molecule has 0 unspecified atom stereocenters. The molecule has 2 heterocycles. The van der Waals surface area contributed by atoms with Crippen LogP contribution >= 0.6 is 7.82 Å². The zero-order valence-corrected chi connectivity index (χ0v) is 21.1. The molecular weight excluding hydrogens is 535 g/mol. The molecule has 0 bridgehead atoms. The Balaban J connectivity index is 1.60. The van der Waals surface area contributed by atoms with Gasteiger partial charge in [-0.15, -0.1) is 5.10 Å². The zero-order valence-electron chi connectivity index (χ0n) is 20.2. The number of alkyl halides is 3.